The number of aliphatic imine (C=N–C) groups is 1. The molecule has 2 heterocycles. The molecule has 0 radical (unpaired) electrons. The number of nitrogens with zero attached hydrogens (tertiary/aromatic N) is 2. The van der Waals surface area contributed by atoms with E-state index >= 15 is 0 Å². The first kappa shape index (κ1) is 13.8. The molecule has 4 nitrogen and oxygen atoms in total. The largest absolute Gasteiger partial charge is 0.492 e. The molecule has 0 saturated heterocycles. The fourth-order valence-electron chi connectivity index (χ4n) is 2.57. The molecule has 2 aromatic carbocycles. The Balaban J connectivity index is 1.77. The first-order valence-corrected chi connectivity index (χ1v) is 7.49. The van der Waals surface area contributed by atoms with Gasteiger partial charge >= 0.3 is 0 Å². The summed E-state index contributed by atoms with van der Waals surface area (Å²) in [6, 6.07) is 15.2. The third kappa shape index (κ3) is 2.43. The van der Waals surface area contributed by atoms with Gasteiger partial charge in [0.2, 0.25) is 5.88 Å². The van der Waals surface area contributed by atoms with Gasteiger partial charge in [-0.15, -0.1) is 0 Å². The van der Waals surface area contributed by atoms with Gasteiger partial charge in [-0.1, -0.05) is 41.9 Å². The number of para-hydroxylation sites is 1. The Morgan fingerprint density at radius 2 is 1.74 bits per heavy atom. The lowest BCUT2D eigenvalue weighted by molar-refractivity contribution is 0.455. The van der Waals surface area contributed by atoms with Crippen LogP contribution in [0.25, 0.3) is 23.0 Å². The number of H-pyrrole nitrogens is 1. The third-order valence-electron chi connectivity index (χ3n) is 3.70. The lowest BCUT2D eigenvalue weighted by atomic mass is 10.1. The number of hydrogen-bond donors (Lipinski definition) is 2. The molecule has 5 heteroatoms. The smallest absolute Gasteiger partial charge is 0.237 e. The molecule has 0 bridgehead atoms. The monoisotopic (exact) mass is 321 g/mol. The van der Waals surface area contributed by atoms with Crippen LogP contribution in [0.3, 0.4) is 0 Å². The lowest BCUT2D eigenvalue weighted by Gasteiger charge is -1.99. The Morgan fingerprint density at radius 3 is 2.57 bits per heavy atom. The van der Waals surface area contributed by atoms with E-state index in [0.29, 0.717) is 16.5 Å². The minimum absolute atomic E-state index is 0.0646. The number of rotatable bonds is 2. The molecule has 3 aromatic rings. The van der Waals surface area contributed by atoms with E-state index in [-0.39, 0.29) is 5.88 Å². The van der Waals surface area contributed by atoms with E-state index in [1.807, 2.05) is 48.5 Å². The number of imidazole rings is 1. The van der Waals surface area contributed by atoms with Gasteiger partial charge in [0, 0.05) is 22.9 Å². The summed E-state index contributed by atoms with van der Waals surface area (Å²) in [5.74, 6) is 0.466. The topological polar surface area (TPSA) is 61.3 Å². The number of aromatic amines is 1. The van der Waals surface area contributed by atoms with Crippen LogP contribution in [0.1, 0.15) is 11.3 Å². The summed E-state index contributed by atoms with van der Waals surface area (Å²) in [5.41, 5.74) is 4.14. The zero-order valence-corrected chi connectivity index (χ0v) is 12.7. The number of aromatic nitrogens is 2. The molecule has 0 amide bonds. The first-order valence-electron chi connectivity index (χ1n) is 7.11. The molecule has 23 heavy (non-hydrogen) atoms. The second-order valence-corrected chi connectivity index (χ2v) is 5.58. The van der Waals surface area contributed by atoms with E-state index in [1.54, 1.807) is 12.3 Å². The van der Waals surface area contributed by atoms with E-state index in [4.69, 9.17) is 11.6 Å². The van der Waals surface area contributed by atoms with Gasteiger partial charge in [0.1, 0.15) is 11.5 Å². The van der Waals surface area contributed by atoms with E-state index < -0.39 is 0 Å². The Bertz CT molecular complexity index is 956. The van der Waals surface area contributed by atoms with Crippen molar-refractivity contribution in [2.45, 2.75) is 0 Å². The summed E-state index contributed by atoms with van der Waals surface area (Å²) in [7, 11) is 0. The Labute approximate surface area is 137 Å². The summed E-state index contributed by atoms with van der Waals surface area (Å²) in [6.45, 7) is 0. The van der Waals surface area contributed by atoms with E-state index in [2.05, 4.69) is 15.0 Å². The molecule has 2 N–H and O–H groups in total. The Kier molecular flexibility index (Phi) is 3.24. The van der Waals surface area contributed by atoms with Crippen molar-refractivity contribution in [2.75, 3.05) is 0 Å². The van der Waals surface area contributed by atoms with Crippen LogP contribution < -0.4 is 0 Å². The van der Waals surface area contributed by atoms with Crippen LogP contribution >= 0.6 is 11.6 Å². The molecular weight excluding hydrogens is 310 g/mol. The molecule has 1 aliphatic rings. The Morgan fingerprint density at radius 1 is 1.00 bits per heavy atom. The minimum Gasteiger partial charge on any atom is -0.492 e. The van der Waals surface area contributed by atoms with Crippen molar-refractivity contribution < 1.29 is 5.11 Å². The van der Waals surface area contributed by atoms with Gasteiger partial charge in [-0.05, 0) is 24.3 Å². The van der Waals surface area contributed by atoms with Gasteiger partial charge in [0.15, 0.2) is 0 Å². The van der Waals surface area contributed by atoms with Crippen LogP contribution in [0.4, 0.5) is 5.69 Å². The number of halogens is 1. The second-order valence-electron chi connectivity index (χ2n) is 5.18. The first-order chi connectivity index (χ1) is 11.2. The highest BCUT2D eigenvalue weighted by molar-refractivity contribution is 6.33. The summed E-state index contributed by atoms with van der Waals surface area (Å²) < 4.78 is 0. The maximum Gasteiger partial charge on any atom is 0.237 e. The zero-order valence-electron chi connectivity index (χ0n) is 12.0. The maximum absolute atomic E-state index is 10.1. The van der Waals surface area contributed by atoms with Crippen molar-refractivity contribution in [1.29, 1.82) is 0 Å². The van der Waals surface area contributed by atoms with Crippen LogP contribution in [0.2, 0.25) is 5.02 Å². The molecule has 0 spiro atoms. The quantitative estimate of drug-likeness (QED) is 0.719. The molecule has 0 aliphatic carbocycles. The third-order valence-corrected chi connectivity index (χ3v) is 4.03. The van der Waals surface area contributed by atoms with Crippen molar-refractivity contribution in [3.8, 4) is 17.3 Å². The fourth-order valence-corrected chi connectivity index (χ4v) is 2.79. The summed E-state index contributed by atoms with van der Waals surface area (Å²) in [6.07, 6.45) is 3.61. The summed E-state index contributed by atoms with van der Waals surface area (Å²) >= 11 is 6.18. The average molecular weight is 322 g/mol. The second kappa shape index (κ2) is 5.41. The van der Waals surface area contributed by atoms with Crippen molar-refractivity contribution in [3.05, 3.63) is 64.8 Å². The van der Waals surface area contributed by atoms with Crippen LogP contribution in [0.5, 0.6) is 5.88 Å². The Hall–Kier alpha value is -2.85. The van der Waals surface area contributed by atoms with Gasteiger partial charge in [-0.3, -0.25) is 4.99 Å². The van der Waals surface area contributed by atoms with Crippen LogP contribution in [-0.4, -0.2) is 21.3 Å². The molecule has 112 valence electrons. The lowest BCUT2D eigenvalue weighted by Crippen LogP contribution is -1.83. The average Bonchev–Trinajstić information content (AvgIpc) is 3.13. The number of aromatic hydroxyl groups is 1. The number of nitrogens with one attached hydrogen (secondary N) is 1. The van der Waals surface area contributed by atoms with Crippen molar-refractivity contribution in [1.82, 2.24) is 9.97 Å². The van der Waals surface area contributed by atoms with Gasteiger partial charge in [-0.25, -0.2) is 0 Å². The standard InChI is InChI=1S/C18H12ClN3O/c19-14-7-3-1-6-13(14)17-21-16(18(23)22-17)9-11-10-20-15-8-4-2-5-12(11)15/h1-10,23H,(H,21,22)/b11-9+. The van der Waals surface area contributed by atoms with Crippen LogP contribution in [0, 0.1) is 0 Å². The van der Waals surface area contributed by atoms with Gasteiger partial charge < -0.3 is 10.1 Å². The molecule has 1 aliphatic heterocycles. The predicted molar refractivity (Wildman–Crippen MR) is 93.2 cm³/mol. The van der Waals surface area contributed by atoms with Gasteiger partial charge in [0.25, 0.3) is 0 Å². The van der Waals surface area contributed by atoms with Gasteiger partial charge in [0.05, 0.1) is 10.7 Å². The van der Waals surface area contributed by atoms with E-state index in [0.717, 1.165) is 22.4 Å². The molecule has 0 unspecified atom stereocenters. The SMILES string of the molecule is Oc1nc(-c2ccccc2Cl)[nH]c1/C=C1\C=Nc2ccccc21. The normalized spacial score (nSPS) is 14.4. The number of fused-ring (bicyclic) bond motifs is 1. The molecule has 1 aromatic heterocycles. The summed E-state index contributed by atoms with van der Waals surface area (Å²) in [4.78, 5) is 11.6. The number of hydrogen-bond acceptors (Lipinski definition) is 3. The van der Waals surface area contributed by atoms with Gasteiger partial charge in [-0.2, -0.15) is 4.98 Å². The highest BCUT2D eigenvalue weighted by atomic mass is 35.5. The zero-order chi connectivity index (χ0) is 15.8. The van der Waals surface area contributed by atoms with E-state index in [9.17, 15) is 5.11 Å². The molecular formula is C18H12ClN3O. The predicted octanol–water partition coefficient (Wildman–Crippen LogP) is 4.69. The van der Waals surface area contributed by atoms with Crippen molar-refractivity contribution in [3.63, 3.8) is 0 Å². The number of allylic oxidation sites excluding steroid dienone is 1. The van der Waals surface area contributed by atoms with Crippen LogP contribution in [0.15, 0.2) is 53.5 Å². The minimum atomic E-state index is -0.0646. The highest BCUT2D eigenvalue weighted by Crippen LogP contribution is 2.34. The summed E-state index contributed by atoms with van der Waals surface area (Å²) in [5, 5.41) is 10.7. The van der Waals surface area contributed by atoms with Crippen LogP contribution in [-0.2, 0) is 0 Å². The van der Waals surface area contributed by atoms with E-state index in [1.165, 1.54) is 0 Å². The van der Waals surface area contributed by atoms with Crippen molar-refractivity contribution in [2.24, 2.45) is 4.99 Å². The molecule has 0 saturated carbocycles. The molecule has 0 fully saturated rings. The maximum atomic E-state index is 10.1. The molecule has 4 rings (SSSR count). The highest BCUT2D eigenvalue weighted by Gasteiger charge is 2.15. The van der Waals surface area contributed by atoms with Crippen molar-refractivity contribution >= 4 is 35.2 Å². The fraction of sp³-hybridized carbons (Fsp3) is 0. The number of benzene rings is 2. The molecule has 0 atom stereocenters.